The third kappa shape index (κ3) is 3.52. The minimum absolute atomic E-state index is 0.109. The average Bonchev–Trinajstić information content (AvgIpc) is 2.41. The maximum Gasteiger partial charge on any atom is 0.387 e. The number of aliphatic hydroxyl groups is 1. The first-order valence-electron chi connectivity index (χ1n) is 6.07. The third-order valence-corrected chi connectivity index (χ3v) is 2.97. The van der Waals surface area contributed by atoms with Crippen LogP contribution in [0.2, 0.25) is 0 Å². The van der Waals surface area contributed by atoms with Crippen LogP contribution in [-0.2, 0) is 0 Å². The van der Waals surface area contributed by atoms with Crippen molar-refractivity contribution in [2.75, 3.05) is 0 Å². The van der Waals surface area contributed by atoms with Crippen molar-refractivity contribution >= 4 is 0 Å². The zero-order chi connectivity index (χ0) is 15.6. The largest absolute Gasteiger partial charge is 0.435 e. The van der Waals surface area contributed by atoms with E-state index in [9.17, 15) is 22.7 Å². The zero-order valence-corrected chi connectivity index (χ0v) is 11.0. The summed E-state index contributed by atoms with van der Waals surface area (Å²) >= 11 is 0. The van der Waals surface area contributed by atoms with Crippen molar-refractivity contribution in [1.29, 1.82) is 0 Å². The topological polar surface area (TPSA) is 29.5 Å². The van der Waals surface area contributed by atoms with Crippen LogP contribution < -0.4 is 4.74 Å². The Morgan fingerprint density at radius 2 is 1.76 bits per heavy atom. The van der Waals surface area contributed by atoms with Crippen LogP contribution in [-0.4, -0.2) is 11.7 Å². The molecule has 1 atom stereocenters. The minimum atomic E-state index is -3.01. The number of aryl methyl sites for hydroxylation is 1. The molecule has 0 aliphatic carbocycles. The standard InChI is InChI=1S/C15H12F4O2/c1-8-5-13(17)11(7-12(8)16)14(20)9-3-2-4-10(6-9)21-15(18)19/h2-7,14-15,20H,1H3. The van der Waals surface area contributed by atoms with Crippen molar-refractivity contribution < 1.29 is 27.4 Å². The molecule has 2 aromatic carbocycles. The number of benzene rings is 2. The molecular formula is C15H12F4O2. The highest BCUT2D eigenvalue weighted by atomic mass is 19.3. The van der Waals surface area contributed by atoms with Gasteiger partial charge in [-0.1, -0.05) is 12.1 Å². The first kappa shape index (κ1) is 15.3. The first-order chi connectivity index (χ1) is 9.88. The van der Waals surface area contributed by atoms with Crippen molar-refractivity contribution in [3.63, 3.8) is 0 Å². The molecule has 1 unspecified atom stereocenters. The highest BCUT2D eigenvalue weighted by Gasteiger charge is 2.18. The summed E-state index contributed by atoms with van der Waals surface area (Å²) in [6, 6.07) is 7.05. The van der Waals surface area contributed by atoms with E-state index in [1.165, 1.54) is 25.1 Å². The van der Waals surface area contributed by atoms with Crippen LogP contribution in [0.1, 0.15) is 22.8 Å². The Bertz CT molecular complexity index is 644. The summed E-state index contributed by atoms with van der Waals surface area (Å²) in [6.07, 6.45) is -1.48. The summed E-state index contributed by atoms with van der Waals surface area (Å²) in [7, 11) is 0. The van der Waals surface area contributed by atoms with Crippen molar-refractivity contribution in [2.24, 2.45) is 0 Å². The monoisotopic (exact) mass is 300 g/mol. The lowest BCUT2D eigenvalue weighted by atomic mass is 9.99. The Balaban J connectivity index is 2.36. The fourth-order valence-corrected chi connectivity index (χ4v) is 1.91. The van der Waals surface area contributed by atoms with Crippen LogP contribution >= 0.6 is 0 Å². The van der Waals surface area contributed by atoms with E-state index in [0.717, 1.165) is 18.2 Å². The van der Waals surface area contributed by atoms with E-state index in [-0.39, 0.29) is 22.4 Å². The average molecular weight is 300 g/mol. The SMILES string of the molecule is Cc1cc(F)c(C(O)c2cccc(OC(F)F)c2)cc1F. The molecule has 6 heteroatoms. The van der Waals surface area contributed by atoms with Crippen molar-refractivity contribution in [3.8, 4) is 5.75 Å². The highest BCUT2D eigenvalue weighted by molar-refractivity contribution is 5.37. The lowest BCUT2D eigenvalue weighted by molar-refractivity contribution is -0.0499. The van der Waals surface area contributed by atoms with Crippen LogP contribution in [0.5, 0.6) is 5.75 Å². The van der Waals surface area contributed by atoms with Gasteiger partial charge in [0, 0.05) is 5.56 Å². The summed E-state index contributed by atoms with van der Waals surface area (Å²) in [5, 5.41) is 10.1. The second-order valence-electron chi connectivity index (χ2n) is 4.48. The van der Waals surface area contributed by atoms with E-state index in [2.05, 4.69) is 4.74 Å². The number of rotatable bonds is 4. The zero-order valence-electron chi connectivity index (χ0n) is 11.0. The molecule has 112 valence electrons. The number of hydrogen-bond donors (Lipinski definition) is 1. The molecule has 0 fully saturated rings. The van der Waals surface area contributed by atoms with Crippen LogP contribution in [0, 0.1) is 18.6 Å². The number of ether oxygens (including phenoxy) is 1. The van der Waals surface area contributed by atoms with Gasteiger partial charge < -0.3 is 9.84 Å². The lowest BCUT2D eigenvalue weighted by Gasteiger charge is -2.14. The Labute approximate surface area is 118 Å². The van der Waals surface area contributed by atoms with E-state index in [0.29, 0.717) is 0 Å². The van der Waals surface area contributed by atoms with E-state index >= 15 is 0 Å². The van der Waals surface area contributed by atoms with Gasteiger partial charge in [-0.25, -0.2) is 8.78 Å². The van der Waals surface area contributed by atoms with Gasteiger partial charge >= 0.3 is 6.61 Å². The van der Waals surface area contributed by atoms with Gasteiger partial charge in [0.25, 0.3) is 0 Å². The molecule has 1 N–H and O–H groups in total. The molecule has 2 rings (SSSR count). The molecule has 0 bridgehead atoms. The van der Waals surface area contributed by atoms with Gasteiger partial charge in [-0.2, -0.15) is 8.78 Å². The maximum absolute atomic E-state index is 13.8. The van der Waals surface area contributed by atoms with Gasteiger partial charge in [0.05, 0.1) is 0 Å². The van der Waals surface area contributed by atoms with Crippen LogP contribution in [0.3, 0.4) is 0 Å². The van der Waals surface area contributed by atoms with Gasteiger partial charge in [-0.05, 0) is 42.3 Å². The highest BCUT2D eigenvalue weighted by Crippen LogP contribution is 2.28. The van der Waals surface area contributed by atoms with Crippen molar-refractivity contribution in [2.45, 2.75) is 19.6 Å². The van der Waals surface area contributed by atoms with Gasteiger partial charge in [0.1, 0.15) is 23.5 Å². The Kier molecular flexibility index (Phi) is 4.47. The molecule has 21 heavy (non-hydrogen) atoms. The second-order valence-corrected chi connectivity index (χ2v) is 4.48. The molecule has 0 saturated heterocycles. The second kappa shape index (κ2) is 6.13. The Morgan fingerprint density at radius 1 is 1.05 bits per heavy atom. The number of hydrogen-bond acceptors (Lipinski definition) is 2. The van der Waals surface area contributed by atoms with Gasteiger partial charge in [0.15, 0.2) is 0 Å². The summed E-state index contributed by atoms with van der Waals surface area (Å²) in [5.41, 5.74) is -0.0409. The summed E-state index contributed by atoms with van der Waals surface area (Å²) in [6.45, 7) is -1.61. The first-order valence-corrected chi connectivity index (χ1v) is 6.07. The smallest absolute Gasteiger partial charge is 0.387 e. The molecule has 0 saturated carbocycles. The molecule has 0 radical (unpaired) electrons. The molecule has 0 aliphatic heterocycles. The molecule has 2 aromatic rings. The van der Waals surface area contributed by atoms with Crippen molar-refractivity contribution in [1.82, 2.24) is 0 Å². The minimum Gasteiger partial charge on any atom is -0.435 e. The Hall–Kier alpha value is -2.08. The molecule has 0 aromatic heterocycles. The van der Waals surface area contributed by atoms with E-state index < -0.39 is 24.3 Å². The molecule has 0 spiro atoms. The van der Waals surface area contributed by atoms with Crippen LogP contribution in [0.4, 0.5) is 17.6 Å². The van der Waals surface area contributed by atoms with Crippen LogP contribution in [0.25, 0.3) is 0 Å². The number of alkyl halides is 2. The van der Waals surface area contributed by atoms with E-state index in [4.69, 9.17) is 0 Å². The third-order valence-electron chi connectivity index (χ3n) is 2.97. The van der Waals surface area contributed by atoms with Gasteiger partial charge in [0.2, 0.25) is 0 Å². The van der Waals surface area contributed by atoms with E-state index in [1.54, 1.807) is 0 Å². The lowest BCUT2D eigenvalue weighted by Crippen LogP contribution is -2.06. The molecular weight excluding hydrogens is 288 g/mol. The fraction of sp³-hybridized carbons (Fsp3) is 0.200. The number of aliphatic hydroxyl groups excluding tert-OH is 1. The summed E-state index contributed by atoms with van der Waals surface area (Å²) in [4.78, 5) is 0. The predicted molar refractivity (Wildman–Crippen MR) is 68.2 cm³/mol. The molecule has 0 amide bonds. The van der Waals surface area contributed by atoms with Crippen molar-refractivity contribution in [3.05, 3.63) is 64.7 Å². The number of halogens is 4. The van der Waals surface area contributed by atoms with Gasteiger partial charge in [-0.3, -0.25) is 0 Å². The molecule has 0 aliphatic rings. The quantitative estimate of drug-likeness (QED) is 0.866. The maximum atomic E-state index is 13.8. The normalized spacial score (nSPS) is 12.5. The van der Waals surface area contributed by atoms with Crippen LogP contribution in [0.15, 0.2) is 36.4 Å². The summed E-state index contributed by atoms with van der Waals surface area (Å²) < 4.78 is 55.8. The summed E-state index contributed by atoms with van der Waals surface area (Å²) in [5.74, 6) is -1.61. The molecule has 2 nitrogen and oxygen atoms in total. The molecule has 0 heterocycles. The predicted octanol–water partition coefficient (Wildman–Crippen LogP) is 3.96. The van der Waals surface area contributed by atoms with Gasteiger partial charge in [-0.15, -0.1) is 0 Å². The Morgan fingerprint density at radius 3 is 2.43 bits per heavy atom. The fourth-order valence-electron chi connectivity index (χ4n) is 1.91. The van der Waals surface area contributed by atoms with E-state index in [1.807, 2.05) is 0 Å².